The number of ketones is 1. The molecule has 5 aliphatic rings. The zero-order valence-electron chi connectivity index (χ0n) is 24.7. The van der Waals surface area contributed by atoms with Crippen molar-refractivity contribution in [3.05, 3.63) is 24.3 Å². The minimum atomic E-state index is -3.67. The van der Waals surface area contributed by atoms with Gasteiger partial charge in [-0.3, -0.25) is 4.79 Å². The molecule has 0 aromatic heterocycles. The van der Waals surface area contributed by atoms with Gasteiger partial charge in [0.2, 0.25) is 0 Å². The topological polar surface area (TPSA) is 83.9 Å². The molecule has 0 radical (unpaired) electrons. The molecule has 6 nitrogen and oxygen atoms in total. The summed E-state index contributed by atoms with van der Waals surface area (Å²) in [6.45, 7) is 7.23. The minimum Gasteiger partial charge on any atom is -0.387 e. The number of carbonyl (C=O) groups is 1. The van der Waals surface area contributed by atoms with Crippen molar-refractivity contribution in [3.63, 3.8) is 0 Å². The van der Waals surface area contributed by atoms with Crippen LogP contribution in [0, 0.1) is 40.4 Å². The fourth-order valence-corrected chi connectivity index (χ4v) is 11.8. The molecule has 40 heavy (non-hydrogen) atoms. The number of Topliss-reactive ketones (excluding diaryl/α,β-unsaturated/α-hetero) is 1. The van der Waals surface area contributed by atoms with Crippen molar-refractivity contribution in [3.8, 4) is 0 Å². The fourth-order valence-electron chi connectivity index (χ4n) is 10.5. The van der Waals surface area contributed by atoms with Gasteiger partial charge in [-0.15, -0.1) is 0 Å². The first-order valence-electron chi connectivity index (χ1n) is 15.8. The van der Waals surface area contributed by atoms with Crippen LogP contribution in [0.15, 0.2) is 29.2 Å². The first kappa shape index (κ1) is 28.7. The molecule has 1 aromatic rings. The molecule has 8 atom stereocenters. The van der Waals surface area contributed by atoms with E-state index in [1.54, 1.807) is 19.2 Å². The molecule has 1 aromatic carbocycles. The SMILES string of the molecule is COCC1(O)CC[C@@]2(C)C(CC[C@H]3[C@@H]4CC[C@H](C(=O)CS(=O)(=O)c5ccc(N6CCCC6)cc5)[C@@]4(C)CC[C@@H]32)C1. The Morgan fingerprint density at radius 1 is 0.950 bits per heavy atom. The number of benzene rings is 1. The molecule has 7 heteroatoms. The quantitative estimate of drug-likeness (QED) is 0.454. The molecule has 1 saturated heterocycles. The molecular weight excluding hydrogens is 522 g/mol. The average molecular weight is 572 g/mol. The molecule has 2 unspecified atom stereocenters. The zero-order chi connectivity index (χ0) is 28.3. The van der Waals surface area contributed by atoms with Crippen molar-refractivity contribution in [1.29, 1.82) is 0 Å². The summed E-state index contributed by atoms with van der Waals surface area (Å²) in [6.07, 6.45) is 11.3. The molecule has 0 amide bonds. The number of sulfone groups is 1. The van der Waals surface area contributed by atoms with E-state index in [-0.39, 0.29) is 33.2 Å². The van der Waals surface area contributed by atoms with Crippen molar-refractivity contribution in [2.24, 2.45) is 40.4 Å². The van der Waals surface area contributed by atoms with Crippen LogP contribution in [-0.4, -0.2) is 57.5 Å². The summed E-state index contributed by atoms with van der Waals surface area (Å²) in [6, 6.07) is 7.18. The van der Waals surface area contributed by atoms with Crippen molar-refractivity contribution < 1.29 is 23.1 Å². The van der Waals surface area contributed by atoms with Crippen LogP contribution in [0.2, 0.25) is 0 Å². The number of carbonyl (C=O) groups excluding carboxylic acids is 1. The van der Waals surface area contributed by atoms with E-state index in [1.165, 1.54) is 12.8 Å². The highest BCUT2D eigenvalue weighted by atomic mass is 32.2. The van der Waals surface area contributed by atoms with Crippen LogP contribution in [0.5, 0.6) is 0 Å². The molecule has 5 fully saturated rings. The molecule has 1 aliphatic heterocycles. The first-order chi connectivity index (χ1) is 19.0. The van der Waals surface area contributed by atoms with Gasteiger partial charge in [0.1, 0.15) is 5.75 Å². The molecule has 222 valence electrons. The Bertz CT molecular complexity index is 1210. The number of hydrogen-bond donors (Lipinski definition) is 1. The molecule has 0 bridgehead atoms. The number of rotatable bonds is 7. The van der Waals surface area contributed by atoms with Gasteiger partial charge in [0.05, 0.1) is 17.1 Å². The molecule has 6 rings (SSSR count). The van der Waals surface area contributed by atoms with Crippen molar-refractivity contribution in [1.82, 2.24) is 0 Å². The number of methoxy groups -OCH3 is 1. The summed E-state index contributed by atoms with van der Waals surface area (Å²) in [5.41, 5.74) is 0.495. The van der Waals surface area contributed by atoms with Crippen molar-refractivity contribution in [2.75, 3.05) is 37.5 Å². The second-order valence-electron chi connectivity index (χ2n) is 14.6. The molecular formula is C33H49NO5S. The van der Waals surface area contributed by atoms with E-state index in [1.807, 2.05) is 12.1 Å². The fraction of sp³-hybridized carbons (Fsp3) is 0.788. The lowest BCUT2D eigenvalue weighted by atomic mass is 9.44. The third kappa shape index (κ3) is 4.76. The van der Waals surface area contributed by atoms with Crippen LogP contribution in [0.1, 0.15) is 84.5 Å². The van der Waals surface area contributed by atoms with Gasteiger partial charge in [-0.2, -0.15) is 0 Å². The summed E-state index contributed by atoms with van der Waals surface area (Å²) in [5.74, 6) is 1.61. The van der Waals surface area contributed by atoms with Gasteiger partial charge < -0.3 is 14.7 Å². The first-order valence-corrected chi connectivity index (χ1v) is 17.5. The van der Waals surface area contributed by atoms with E-state index in [2.05, 4.69) is 18.7 Å². The maximum absolute atomic E-state index is 13.7. The van der Waals surface area contributed by atoms with E-state index in [0.29, 0.717) is 30.3 Å². The molecule has 4 aliphatic carbocycles. The van der Waals surface area contributed by atoms with Crippen LogP contribution in [0.25, 0.3) is 0 Å². The Morgan fingerprint density at radius 2 is 1.65 bits per heavy atom. The van der Waals surface area contributed by atoms with E-state index in [4.69, 9.17) is 4.74 Å². The van der Waals surface area contributed by atoms with Crippen LogP contribution in [0.4, 0.5) is 5.69 Å². The van der Waals surface area contributed by atoms with Gasteiger partial charge in [-0.1, -0.05) is 13.8 Å². The number of nitrogens with zero attached hydrogens (tertiary/aromatic N) is 1. The summed E-state index contributed by atoms with van der Waals surface area (Å²) in [5, 5.41) is 11.1. The maximum atomic E-state index is 13.7. The maximum Gasteiger partial charge on any atom is 0.185 e. The van der Waals surface area contributed by atoms with Gasteiger partial charge >= 0.3 is 0 Å². The van der Waals surface area contributed by atoms with Gasteiger partial charge in [0.15, 0.2) is 15.6 Å². The van der Waals surface area contributed by atoms with Crippen LogP contribution < -0.4 is 4.90 Å². The Balaban J connectivity index is 1.14. The summed E-state index contributed by atoms with van der Waals surface area (Å²) >= 11 is 0. The zero-order valence-corrected chi connectivity index (χ0v) is 25.6. The monoisotopic (exact) mass is 571 g/mol. The number of ether oxygens (including phenoxy) is 1. The number of fused-ring (bicyclic) bond motifs is 5. The van der Waals surface area contributed by atoms with E-state index >= 15 is 0 Å². The minimum absolute atomic E-state index is 0.0748. The van der Waals surface area contributed by atoms with Crippen molar-refractivity contribution >= 4 is 21.3 Å². The molecule has 0 spiro atoms. The van der Waals surface area contributed by atoms with Gasteiger partial charge in [-0.05, 0) is 129 Å². The molecule has 1 N–H and O–H groups in total. The Labute approximate surface area is 241 Å². The van der Waals surface area contributed by atoms with Gasteiger partial charge in [-0.25, -0.2) is 8.42 Å². The lowest BCUT2D eigenvalue weighted by Crippen LogP contribution is -2.57. The Hall–Kier alpha value is -1.44. The highest BCUT2D eigenvalue weighted by molar-refractivity contribution is 7.92. The third-order valence-electron chi connectivity index (χ3n) is 12.6. The lowest BCUT2D eigenvalue weighted by Gasteiger charge is -2.62. The smallest absolute Gasteiger partial charge is 0.185 e. The summed E-state index contributed by atoms with van der Waals surface area (Å²) < 4.78 is 32.1. The largest absolute Gasteiger partial charge is 0.387 e. The lowest BCUT2D eigenvalue weighted by molar-refractivity contribution is -0.163. The predicted octanol–water partition coefficient (Wildman–Crippen LogP) is 5.67. The number of aliphatic hydroxyl groups is 1. The van der Waals surface area contributed by atoms with Gasteiger partial charge in [0, 0.05) is 31.8 Å². The number of anilines is 1. The van der Waals surface area contributed by atoms with Crippen molar-refractivity contribution in [2.45, 2.75) is 95.0 Å². The second-order valence-corrected chi connectivity index (χ2v) is 16.6. The van der Waals surface area contributed by atoms with Gasteiger partial charge in [0.25, 0.3) is 0 Å². The second kappa shape index (κ2) is 10.4. The standard InChI is InChI=1S/C33H49NO5S/c1-31-16-17-33(36,22-39-3)20-23(31)6-11-26-27-12-13-29(32(27,2)15-14-28(26)31)30(35)21-40(37,38)25-9-7-24(8-10-25)34-18-4-5-19-34/h7-10,23,26-29,36H,4-6,11-22H2,1-3H3/t23?,26-,27-,28-,29+,31-,32-,33?/m0/s1. The van der Waals surface area contributed by atoms with E-state index in [0.717, 1.165) is 76.6 Å². The molecule has 4 saturated carbocycles. The highest BCUT2D eigenvalue weighted by Gasteiger charge is 2.62. The van der Waals surface area contributed by atoms with Crippen LogP contribution in [0.3, 0.4) is 0 Å². The number of hydrogen-bond acceptors (Lipinski definition) is 6. The highest BCUT2D eigenvalue weighted by Crippen LogP contribution is 2.68. The van der Waals surface area contributed by atoms with E-state index < -0.39 is 15.4 Å². The Kier molecular flexibility index (Phi) is 7.44. The van der Waals surface area contributed by atoms with Crippen LogP contribution >= 0.6 is 0 Å². The van der Waals surface area contributed by atoms with Crippen LogP contribution in [-0.2, 0) is 19.4 Å². The average Bonchev–Trinajstić information content (AvgIpc) is 3.57. The predicted molar refractivity (Wildman–Crippen MR) is 157 cm³/mol. The molecule has 1 heterocycles. The summed E-state index contributed by atoms with van der Waals surface area (Å²) in [4.78, 5) is 16.3. The summed E-state index contributed by atoms with van der Waals surface area (Å²) in [7, 11) is -1.99. The van der Waals surface area contributed by atoms with E-state index in [9.17, 15) is 18.3 Å². The third-order valence-corrected chi connectivity index (χ3v) is 14.3. The normalized spacial score (nSPS) is 41.3. The Morgan fingerprint density at radius 3 is 2.35 bits per heavy atom.